The maximum atomic E-state index is 11.5. The molecule has 150 valence electrons. The Balaban J connectivity index is 0.00000225. The van der Waals surface area contributed by atoms with E-state index in [1.54, 1.807) is 0 Å². The predicted molar refractivity (Wildman–Crippen MR) is 114 cm³/mol. The number of benzene rings is 2. The number of hydrogen-bond acceptors (Lipinski definition) is 4. The molecule has 4 rings (SSSR count). The summed E-state index contributed by atoms with van der Waals surface area (Å²) in [6, 6.07) is 18.8. The van der Waals surface area contributed by atoms with Crippen molar-refractivity contribution in [2.24, 2.45) is 5.92 Å². The van der Waals surface area contributed by atoms with Gasteiger partial charge in [-0.05, 0) is 49.9 Å². The number of aldehydes is 1. The molecule has 0 aliphatic carbocycles. The van der Waals surface area contributed by atoms with Crippen molar-refractivity contribution in [3.8, 4) is 5.75 Å². The van der Waals surface area contributed by atoms with Crippen LogP contribution < -0.4 is 4.74 Å². The third kappa shape index (κ3) is 5.13. The van der Waals surface area contributed by atoms with Crippen LogP contribution in [-0.2, 0) is 17.9 Å². The van der Waals surface area contributed by atoms with Crippen LogP contribution in [-0.4, -0.2) is 41.9 Å². The Labute approximate surface area is 173 Å². The van der Waals surface area contributed by atoms with Crippen molar-refractivity contribution in [3.63, 3.8) is 0 Å². The zero-order valence-corrected chi connectivity index (χ0v) is 17.0. The quantitative estimate of drug-likeness (QED) is 0.682. The number of carbonyl (C=O) groups is 1. The minimum absolute atomic E-state index is 0. The van der Waals surface area contributed by atoms with Gasteiger partial charge in [0.25, 0.3) is 0 Å². The average Bonchev–Trinajstić information content (AvgIpc) is 2.73. The number of ether oxygens (including phenoxy) is 1. The number of hydrogen-bond donors (Lipinski definition) is 0. The third-order valence-corrected chi connectivity index (χ3v) is 5.85. The SMILES string of the molecule is Cl.O=CC1Oc2ccccc2CN1CCC1CCN(Cc2ccccc2)CC1. The zero-order valence-electron chi connectivity index (χ0n) is 16.2. The highest BCUT2D eigenvalue weighted by Crippen LogP contribution is 2.29. The van der Waals surface area contributed by atoms with Gasteiger partial charge < -0.3 is 4.74 Å². The van der Waals surface area contributed by atoms with Crippen molar-refractivity contribution in [2.75, 3.05) is 19.6 Å². The topological polar surface area (TPSA) is 32.8 Å². The van der Waals surface area contributed by atoms with Gasteiger partial charge in [-0.1, -0.05) is 48.5 Å². The molecule has 1 fully saturated rings. The highest BCUT2D eigenvalue weighted by molar-refractivity contribution is 5.85. The first kappa shape index (κ1) is 20.8. The lowest BCUT2D eigenvalue weighted by Gasteiger charge is -2.36. The second-order valence-electron chi connectivity index (χ2n) is 7.72. The van der Waals surface area contributed by atoms with Crippen molar-refractivity contribution in [3.05, 3.63) is 65.7 Å². The van der Waals surface area contributed by atoms with E-state index in [1.165, 1.54) is 24.0 Å². The van der Waals surface area contributed by atoms with Gasteiger partial charge in [-0.3, -0.25) is 14.6 Å². The summed E-state index contributed by atoms with van der Waals surface area (Å²) in [6.07, 6.45) is 4.10. The van der Waals surface area contributed by atoms with E-state index in [2.05, 4.69) is 46.2 Å². The largest absolute Gasteiger partial charge is 0.468 e. The van der Waals surface area contributed by atoms with Crippen LogP contribution in [0.15, 0.2) is 54.6 Å². The lowest BCUT2D eigenvalue weighted by atomic mass is 9.93. The van der Waals surface area contributed by atoms with Gasteiger partial charge in [0.15, 0.2) is 6.29 Å². The number of carbonyl (C=O) groups excluding carboxylic acids is 1. The first-order chi connectivity index (χ1) is 13.3. The minimum Gasteiger partial charge on any atom is -0.468 e. The normalized spacial score (nSPS) is 20.6. The molecular formula is C23H29ClN2O2. The molecule has 2 aliphatic heterocycles. The fraction of sp³-hybridized carbons (Fsp3) is 0.435. The molecule has 0 aromatic heterocycles. The Hall–Kier alpha value is -1.88. The number of halogens is 1. The highest BCUT2D eigenvalue weighted by Gasteiger charge is 2.28. The van der Waals surface area contributed by atoms with Gasteiger partial charge in [0, 0.05) is 25.2 Å². The predicted octanol–water partition coefficient (Wildman–Crippen LogP) is 4.13. The van der Waals surface area contributed by atoms with Gasteiger partial charge in [0.2, 0.25) is 6.23 Å². The Morgan fingerprint density at radius 3 is 2.46 bits per heavy atom. The van der Waals surface area contributed by atoms with E-state index in [4.69, 9.17) is 4.74 Å². The minimum atomic E-state index is -0.446. The first-order valence-electron chi connectivity index (χ1n) is 10.0. The maximum absolute atomic E-state index is 11.5. The van der Waals surface area contributed by atoms with Gasteiger partial charge in [0.1, 0.15) is 5.75 Å². The number of fused-ring (bicyclic) bond motifs is 1. The van der Waals surface area contributed by atoms with Gasteiger partial charge >= 0.3 is 0 Å². The van der Waals surface area contributed by atoms with Gasteiger partial charge in [-0.15, -0.1) is 12.4 Å². The standard InChI is InChI=1S/C23H28N2O2.ClH/c26-18-23-25(17-21-8-4-5-9-22(21)27-23)15-12-19-10-13-24(14-11-19)16-20-6-2-1-3-7-20;/h1-9,18-19,23H,10-17H2;1H. The van der Waals surface area contributed by atoms with Crippen LogP contribution in [0.4, 0.5) is 0 Å². The van der Waals surface area contributed by atoms with Crippen LogP contribution in [0.1, 0.15) is 30.4 Å². The molecule has 5 heteroatoms. The van der Waals surface area contributed by atoms with Crippen LogP contribution in [0.5, 0.6) is 5.75 Å². The molecule has 0 radical (unpaired) electrons. The van der Waals surface area contributed by atoms with E-state index < -0.39 is 6.23 Å². The summed E-state index contributed by atoms with van der Waals surface area (Å²) in [5.41, 5.74) is 2.57. The Morgan fingerprint density at radius 2 is 1.71 bits per heavy atom. The van der Waals surface area contributed by atoms with E-state index in [1.807, 2.05) is 18.2 Å². The molecule has 0 saturated carbocycles. The molecule has 2 aromatic rings. The Bertz CT molecular complexity index is 747. The molecule has 28 heavy (non-hydrogen) atoms. The van der Waals surface area contributed by atoms with Gasteiger partial charge in [-0.2, -0.15) is 0 Å². The summed E-state index contributed by atoms with van der Waals surface area (Å²) in [5, 5.41) is 0. The maximum Gasteiger partial charge on any atom is 0.209 e. The lowest BCUT2D eigenvalue weighted by Crippen LogP contribution is -2.44. The van der Waals surface area contributed by atoms with E-state index in [0.717, 1.165) is 57.1 Å². The third-order valence-electron chi connectivity index (χ3n) is 5.85. The summed E-state index contributed by atoms with van der Waals surface area (Å²) >= 11 is 0. The van der Waals surface area contributed by atoms with Crippen molar-refractivity contribution in [1.82, 2.24) is 9.80 Å². The van der Waals surface area contributed by atoms with Crippen molar-refractivity contribution in [2.45, 2.75) is 38.6 Å². The van der Waals surface area contributed by atoms with E-state index >= 15 is 0 Å². The molecule has 0 N–H and O–H groups in total. The Morgan fingerprint density at radius 1 is 1.00 bits per heavy atom. The second-order valence-corrected chi connectivity index (χ2v) is 7.72. The van der Waals surface area contributed by atoms with Crippen LogP contribution in [0, 0.1) is 5.92 Å². The lowest BCUT2D eigenvalue weighted by molar-refractivity contribution is -0.123. The van der Waals surface area contributed by atoms with Gasteiger partial charge in [0.05, 0.1) is 0 Å². The van der Waals surface area contributed by atoms with Gasteiger partial charge in [-0.25, -0.2) is 0 Å². The zero-order chi connectivity index (χ0) is 18.5. The fourth-order valence-corrected chi connectivity index (χ4v) is 4.21. The number of likely N-dealkylation sites (tertiary alicyclic amines) is 1. The summed E-state index contributed by atoms with van der Waals surface area (Å²) in [4.78, 5) is 16.2. The molecule has 1 unspecified atom stereocenters. The molecule has 4 nitrogen and oxygen atoms in total. The molecule has 0 bridgehead atoms. The summed E-state index contributed by atoms with van der Waals surface area (Å²) in [6.45, 7) is 5.09. The van der Waals surface area contributed by atoms with E-state index in [9.17, 15) is 4.79 Å². The molecule has 0 spiro atoms. The molecule has 1 atom stereocenters. The second kappa shape index (κ2) is 10.1. The number of rotatable bonds is 6. The average molecular weight is 401 g/mol. The first-order valence-corrected chi connectivity index (χ1v) is 10.0. The fourth-order valence-electron chi connectivity index (χ4n) is 4.21. The van der Waals surface area contributed by atoms with E-state index in [-0.39, 0.29) is 12.4 Å². The number of nitrogens with zero attached hydrogens (tertiary/aromatic N) is 2. The smallest absolute Gasteiger partial charge is 0.209 e. The molecule has 1 saturated heterocycles. The van der Waals surface area contributed by atoms with Crippen molar-refractivity contribution >= 4 is 18.7 Å². The van der Waals surface area contributed by atoms with E-state index in [0.29, 0.717) is 0 Å². The van der Waals surface area contributed by atoms with Crippen LogP contribution in [0.3, 0.4) is 0 Å². The van der Waals surface area contributed by atoms with Crippen molar-refractivity contribution < 1.29 is 9.53 Å². The monoisotopic (exact) mass is 400 g/mol. The van der Waals surface area contributed by atoms with Crippen LogP contribution in [0.25, 0.3) is 0 Å². The number of para-hydroxylation sites is 1. The van der Waals surface area contributed by atoms with Crippen LogP contribution in [0.2, 0.25) is 0 Å². The molecular weight excluding hydrogens is 372 g/mol. The highest BCUT2D eigenvalue weighted by atomic mass is 35.5. The Kier molecular flexibility index (Phi) is 7.49. The van der Waals surface area contributed by atoms with Crippen molar-refractivity contribution in [1.29, 1.82) is 0 Å². The molecule has 0 amide bonds. The number of piperidine rings is 1. The molecule has 2 aliphatic rings. The van der Waals surface area contributed by atoms with Crippen LogP contribution >= 0.6 is 12.4 Å². The molecule has 2 heterocycles. The summed E-state index contributed by atoms with van der Waals surface area (Å²) in [7, 11) is 0. The summed E-state index contributed by atoms with van der Waals surface area (Å²) < 4.78 is 5.87. The molecule has 2 aromatic carbocycles. The summed E-state index contributed by atoms with van der Waals surface area (Å²) in [5.74, 6) is 1.58.